The van der Waals surface area contributed by atoms with Crippen LogP contribution in [0, 0.1) is 26.7 Å². The molecule has 27 heavy (non-hydrogen) atoms. The molecule has 1 aromatic carbocycles. The van der Waals surface area contributed by atoms with Crippen LogP contribution in [0.4, 0.5) is 5.69 Å². The Bertz CT molecular complexity index is 920. The highest BCUT2D eigenvalue weighted by Gasteiger charge is 2.13. The maximum Gasteiger partial charge on any atom is 0.160 e. The molecule has 2 aromatic heterocycles. The van der Waals surface area contributed by atoms with Crippen LogP contribution in [0.1, 0.15) is 35.5 Å². The van der Waals surface area contributed by atoms with E-state index >= 15 is 0 Å². The monoisotopic (exact) mass is 363 g/mol. The zero-order chi connectivity index (χ0) is 18.8. The third-order valence-corrected chi connectivity index (χ3v) is 5.56. The standard InChI is InChI=1S/C22H29N5/c1-15-12-16(2)25-22-21(15)26-17(3)27(22)14-19-4-6-20(7-5-19)24-13-18-8-10-23-11-9-18/h4-7,12,18,23-24H,8-11,13-14H2,1-3H3. The summed E-state index contributed by atoms with van der Waals surface area (Å²) in [6.07, 6.45) is 2.54. The average molecular weight is 364 g/mol. The molecule has 1 fully saturated rings. The first kappa shape index (κ1) is 18.0. The molecule has 0 bridgehead atoms. The molecule has 3 heterocycles. The number of hydrogen-bond donors (Lipinski definition) is 2. The molecule has 3 aromatic rings. The Labute approximate surface area is 161 Å². The van der Waals surface area contributed by atoms with Gasteiger partial charge < -0.3 is 15.2 Å². The van der Waals surface area contributed by atoms with Crippen molar-refractivity contribution in [1.29, 1.82) is 0 Å². The lowest BCUT2D eigenvalue weighted by Gasteiger charge is -2.23. The van der Waals surface area contributed by atoms with Gasteiger partial charge in [0, 0.05) is 17.9 Å². The predicted octanol–water partition coefficient (Wildman–Crippen LogP) is 3.82. The fourth-order valence-corrected chi connectivity index (χ4v) is 3.96. The van der Waals surface area contributed by atoms with Gasteiger partial charge in [-0.1, -0.05) is 12.1 Å². The van der Waals surface area contributed by atoms with Gasteiger partial charge >= 0.3 is 0 Å². The predicted molar refractivity (Wildman–Crippen MR) is 111 cm³/mol. The van der Waals surface area contributed by atoms with E-state index in [9.17, 15) is 0 Å². The second kappa shape index (κ2) is 7.69. The molecular formula is C22H29N5. The fourth-order valence-electron chi connectivity index (χ4n) is 3.96. The van der Waals surface area contributed by atoms with Crippen molar-refractivity contribution in [3.63, 3.8) is 0 Å². The molecule has 5 heteroatoms. The second-order valence-electron chi connectivity index (χ2n) is 7.77. The highest BCUT2D eigenvalue weighted by molar-refractivity contribution is 5.76. The Balaban J connectivity index is 1.47. The molecule has 142 valence electrons. The van der Waals surface area contributed by atoms with E-state index in [-0.39, 0.29) is 0 Å². The van der Waals surface area contributed by atoms with E-state index < -0.39 is 0 Å². The van der Waals surface area contributed by atoms with E-state index in [4.69, 9.17) is 9.97 Å². The van der Waals surface area contributed by atoms with Gasteiger partial charge in [-0.25, -0.2) is 9.97 Å². The number of nitrogens with one attached hydrogen (secondary N) is 2. The summed E-state index contributed by atoms with van der Waals surface area (Å²) in [5, 5.41) is 7.02. The Morgan fingerprint density at radius 3 is 2.56 bits per heavy atom. The molecule has 1 aliphatic rings. The zero-order valence-electron chi connectivity index (χ0n) is 16.5. The highest BCUT2D eigenvalue weighted by Crippen LogP contribution is 2.21. The van der Waals surface area contributed by atoms with Gasteiger partial charge in [0.15, 0.2) is 5.65 Å². The van der Waals surface area contributed by atoms with Crippen molar-refractivity contribution in [3.05, 3.63) is 53.0 Å². The highest BCUT2D eigenvalue weighted by atomic mass is 15.1. The van der Waals surface area contributed by atoms with Gasteiger partial charge in [0.25, 0.3) is 0 Å². The van der Waals surface area contributed by atoms with Crippen molar-refractivity contribution in [2.45, 2.75) is 40.2 Å². The van der Waals surface area contributed by atoms with Crippen molar-refractivity contribution in [1.82, 2.24) is 19.9 Å². The number of pyridine rings is 1. The summed E-state index contributed by atoms with van der Waals surface area (Å²) in [5.74, 6) is 1.79. The third kappa shape index (κ3) is 3.98. The number of nitrogens with zero attached hydrogens (tertiary/aromatic N) is 3. The van der Waals surface area contributed by atoms with Gasteiger partial charge in [-0.2, -0.15) is 0 Å². The van der Waals surface area contributed by atoms with Crippen LogP contribution in [0.25, 0.3) is 11.2 Å². The molecule has 0 saturated carbocycles. The van der Waals surface area contributed by atoms with Crippen LogP contribution >= 0.6 is 0 Å². The van der Waals surface area contributed by atoms with Crippen LogP contribution in [0.3, 0.4) is 0 Å². The third-order valence-electron chi connectivity index (χ3n) is 5.56. The molecule has 5 nitrogen and oxygen atoms in total. The number of imidazole rings is 1. The van der Waals surface area contributed by atoms with Crippen LogP contribution in [0.5, 0.6) is 0 Å². The fraction of sp³-hybridized carbons (Fsp3) is 0.455. The van der Waals surface area contributed by atoms with Crippen LogP contribution in [0.15, 0.2) is 30.3 Å². The molecule has 4 rings (SSSR count). The number of piperidine rings is 1. The molecule has 1 aliphatic heterocycles. The van der Waals surface area contributed by atoms with Crippen molar-refractivity contribution >= 4 is 16.9 Å². The summed E-state index contributed by atoms with van der Waals surface area (Å²) in [6, 6.07) is 10.9. The SMILES string of the molecule is Cc1cc(C)c2nc(C)n(Cc3ccc(NCC4CCNCC4)cc3)c2n1. The van der Waals surface area contributed by atoms with Crippen molar-refractivity contribution in [2.24, 2.45) is 5.92 Å². The first-order valence-electron chi connectivity index (χ1n) is 9.95. The van der Waals surface area contributed by atoms with Gasteiger partial charge in [0.1, 0.15) is 11.3 Å². The Morgan fingerprint density at radius 2 is 1.81 bits per heavy atom. The minimum atomic E-state index is 0.781. The van der Waals surface area contributed by atoms with E-state index in [0.29, 0.717) is 0 Å². The molecule has 0 spiro atoms. The minimum absolute atomic E-state index is 0.781. The van der Waals surface area contributed by atoms with Gasteiger partial charge in [-0.3, -0.25) is 0 Å². The quantitative estimate of drug-likeness (QED) is 0.724. The molecular weight excluding hydrogens is 334 g/mol. The lowest BCUT2D eigenvalue weighted by molar-refractivity contribution is 0.390. The average Bonchev–Trinajstić information content (AvgIpc) is 2.98. The molecule has 1 saturated heterocycles. The molecule has 0 atom stereocenters. The van der Waals surface area contributed by atoms with E-state index in [0.717, 1.165) is 54.8 Å². The van der Waals surface area contributed by atoms with E-state index in [2.05, 4.69) is 59.4 Å². The Hall–Kier alpha value is -2.40. The summed E-state index contributed by atoms with van der Waals surface area (Å²) in [4.78, 5) is 9.47. The lowest BCUT2D eigenvalue weighted by atomic mass is 9.98. The van der Waals surface area contributed by atoms with E-state index in [1.165, 1.54) is 29.7 Å². The normalized spacial score (nSPS) is 15.4. The van der Waals surface area contributed by atoms with Gasteiger partial charge in [-0.05, 0) is 81.9 Å². The number of anilines is 1. The number of aryl methyl sites for hydroxylation is 3. The lowest BCUT2D eigenvalue weighted by Crippen LogP contribution is -2.31. The summed E-state index contributed by atoms with van der Waals surface area (Å²) < 4.78 is 2.22. The van der Waals surface area contributed by atoms with Crippen LogP contribution in [-0.2, 0) is 6.54 Å². The first-order valence-corrected chi connectivity index (χ1v) is 9.95. The summed E-state index contributed by atoms with van der Waals surface area (Å²) >= 11 is 0. The Kier molecular flexibility index (Phi) is 5.12. The topological polar surface area (TPSA) is 54.8 Å². The van der Waals surface area contributed by atoms with Crippen LogP contribution < -0.4 is 10.6 Å². The van der Waals surface area contributed by atoms with Crippen LogP contribution in [-0.4, -0.2) is 34.2 Å². The number of aromatic nitrogens is 3. The summed E-state index contributed by atoms with van der Waals surface area (Å²) in [5.41, 5.74) is 6.70. The van der Waals surface area contributed by atoms with Gasteiger partial charge in [0.2, 0.25) is 0 Å². The Morgan fingerprint density at radius 1 is 1.07 bits per heavy atom. The smallest absolute Gasteiger partial charge is 0.160 e. The van der Waals surface area contributed by atoms with E-state index in [1.807, 2.05) is 6.92 Å². The number of rotatable bonds is 5. The summed E-state index contributed by atoms with van der Waals surface area (Å²) in [7, 11) is 0. The molecule has 0 radical (unpaired) electrons. The largest absolute Gasteiger partial charge is 0.385 e. The molecule has 2 N–H and O–H groups in total. The summed E-state index contributed by atoms with van der Waals surface area (Å²) in [6.45, 7) is 10.4. The molecule has 0 aliphatic carbocycles. The number of benzene rings is 1. The molecule has 0 amide bonds. The van der Waals surface area contributed by atoms with Crippen molar-refractivity contribution < 1.29 is 0 Å². The van der Waals surface area contributed by atoms with Gasteiger partial charge in [-0.15, -0.1) is 0 Å². The first-order chi connectivity index (χ1) is 13.1. The maximum absolute atomic E-state index is 4.74. The number of fused-ring (bicyclic) bond motifs is 1. The second-order valence-corrected chi connectivity index (χ2v) is 7.77. The van der Waals surface area contributed by atoms with E-state index in [1.54, 1.807) is 0 Å². The number of hydrogen-bond acceptors (Lipinski definition) is 4. The minimum Gasteiger partial charge on any atom is -0.385 e. The zero-order valence-corrected chi connectivity index (χ0v) is 16.5. The van der Waals surface area contributed by atoms with Crippen LogP contribution in [0.2, 0.25) is 0 Å². The van der Waals surface area contributed by atoms with Gasteiger partial charge in [0.05, 0.1) is 6.54 Å². The maximum atomic E-state index is 4.74. The van der Waals surface area contributed by atoms with Crippen molar-refractivity contribution in [2.75, 3.05) is 25.0 Å². The molecule has 0 unspecified atom stereocenters. The van der Waals surface area contributed by atoms with Crippen molar-refractivity contribution in [3.8, 4) is 0 Å².